The van der Waals surface area contributed by atoms with E-state index < -0.39 is 11.1 Å². The largest absolute Gasteiger partial charge is 0.487 e. The molecule has 0 unspecified atom stereocenters. The highest BCUT2D eigenvalue weighted by atomic mass is 35.5. The Labute approximate surface area is 142 Å². The zero-order valence-electron chi connectivity index (χ0n) is 11.2. The van der Waals surface area contributed by atoms with Gasteiger partial charge in [0.2, 0.25) is 5.24 Å². The molecule has 2 aromatic rings. The van der Waals surface area contributed by atoms with E-state index in [1.807, 2.05) is 0 Å². The number of hydrogen-bond acceptors (Lipinski definition) is 2. The van der Waals surface area contributed by atoms with Crippen LogP contribution in [0.1, 0.15) is 11.1 Å². The van der Waals surface area contributed by atoms with Crippen LogP contribution in [0.2, 0.25) is 10.0 Å². The summed E-state index contributed by atoms with van der Waals surface area (Å²) in [5.74, 6) is 0.0492. The molecule has 2 nitrogen and oxygen atoms in total. The Morgan fingerprint density at radius 3 is 2.55 bits per heavy atom. The highest BCUT2D eigenvalue weighted by molar-refractivity contribution is 6.66. The van der Waals surface area contributed by atoms with E-state index >= 15 is 0 Å². The number of ether oxygens (including phenoxy) is 1. The van der Waals surface area contributed by atoms with E-state index in [1.165, 1.54) is 18.2 Å². The lowest BCUT2D eigenvalue weighted by molar-refractivity contribution is -0.107. The summed E-state index contributed by atoms with van der Waals surface area (Å²) in [6, 6.07) is 9.11. The van der Waals surface area contributed by atoms with Crippen molar-refractivity contribution in [2.45, 2.75) is 6.61 Å². The van der Waals surface area contributed by atoms with Crippen LogP contribution in [-0.4, -0.2) is 5.24 Å². The molecule has 0 saturated heterocycles. The Kier molecular flexibility index (Phi) is 5.83. The van der Waals surface area contributed by atoms with Crippen molar-refractivity contribution < 1.29 is 13.9 Å². The second kappa shape index (κ2) is 7.63. The van der Waals surface area contributed by atoms with Crippen LogP contribution < -0.4 is 4.74 Å². The van der Waals surface area contributed by atoms with Crippen LogP contribution in [0.5, 0.6) is 5.75 Å². The van der Waals surface area contributed by atoms with Gasteiger partial charge in [0.1, 0.15) is 18.2 Å². The molecule has 0 atom stereocenters. The Morgan fingerprint density at radius 2 is 1.91 bits per heavy atom. The van der Waals surface area contributed by atoms with E-state index in [1.54, 1.807) is 30.3 Å². The average molecular weight is 360 g/mol. The Hall–Kier alpha value is -1.55. The van der Waals surface area contributed by atoms with Gasteiger partial charge in [-0.1, -0.05) is 41.4 Å². The fourth-order valence-corrected chi connectivity index (χ4v) is 2.22. The number of carbonyl (C=O) groups is 1. The van der Waals surface area contributed by atoms with Gasteiger partial charge in [-0.25, -0.2) is 4.39 Å². The first kappa shape index (κ1) is 16.8. The monoisotopic (exact) mass is 358 g/mol. The maximum atomic E-state index is 13.0. The first-order valence-electron chi connectivity index (χ1n) is 6.19. The molecule has 0 radical (unpaired) electrons. The minimum absolute atomic E-state index is 0.161. The Balaban J connectivity index is 2.08. The molecule has 0 N–H and O–H groups in total. The lowest BCUT2D eigenvalue weighted by Gasteiger charge is -2.10. The topological polar surface area (TPSA) is 26.3 Å². The first-order chi connectivity index (χ1) is 10.5. The van der Waals surface area contributed by atoms with Gasteiger partial charge in [0.05, 0.1) is 10.0 Å². The molecular formula is C16H10Cl3FO2. The number of rotatable bonds is 5. The summed E-state index contributed by atoms with van der Waals surface area (Å²) in [6.45, 7) is 0.161. The van der Waals surface area contributed by atoms with Crippen LogP contribution in [0.25, 0.3) is 6.08 Å². The molecule has 6 heteroatoms. The summed E-state index contributed by atoms with van der Waals surface area (Å²) in [7, 11) is 0. The predicted molar refractivity (Wildman–Crippen MR) is 87.1 cm³/mol. The van der Waals surface area contributed by atoms with Crippen LogP contribution in [-0.2, 0) is 11.4 Å². The minimum Gasteiger partial charge on any atom is -0.487 e. The molecule has 0 amide bonds. The number of benzene rings is 2. The van der Waals surface area contributed by atoms with Gasteiger partial charge in [0.15, 0.2) is 0 Å². The predicted octanol–water partition coefficient (Wildman–Crippen LogP) is 5.49. The van der Waals surface area contributed by atoms with Crippen molar-refractivity contribution in [1.82, 2.24) is 0 Å². The van der Waals surface area contributed by atoms with Crippen LogP contribution in [0, 0.1) is 5.82 Å². The van der Waals surface area contributed by atoms with Gasteiger partial charge >= 0.3 is 0 Å². The van der Waals surface area contributed by atoms with Gasteiger partial charge in [-0.2, -0.15) is 0 Å². The van der Waals surface area contributed by atoms with Crippen LogP contribution in [0.15, 0.2) is 42.5 Å². The lowest BCUT2D eigenvalue weighted by atomic mass is 10.2. The molecule has 0 saturated carbocycles. The molecule has 0 bridgehead atoms. The summed E-state index contributed by atoms with van der Waals surface area (Å²) < 4.78 is 18.5. The molecule has 114 valence electrons. The van der Waals surface area contributed by atoms with Gasteiger partial charge in [-0.15, -0.1) is 0 Å². The van der Waals surface area contributed by atoms with Crippen molar-refractivity contribution in [2.24, 2.45) is 0 Å². The van der Waals surface area contributed by atoms with Gasteiger partial charge in [-0.3, -0.25) is 4.79 Å². The molecule has 0 heterocycles. The number of hydrogen-bond donors (Lipinski definition) is 0. The Bertz CT molecular complexity index is 729. The third-order valence-corrected chi connectivity index (χ3v) is 3.53. The van der Waals surface area contributed by atoms with E-state index in [-0.39, 0.29) is 11.6 Å². The van der Waals surface area contributed by atoms with Crippen molar-refractivity contribution in [2.75, 3.05) is 0 Å². The molecule has 2 aromatic carbocycles. The molecule has 0 fully saturated rings. The smallest absolute Gasteiger partial charge is 0.245 e. The molecule has 0 aliphatic heterocycles. The summed E-state index contributed by atoms with van der Waals surface area (Å²) >= 11 is 17.3. The Morgan fingerprint density at radius 1 is 1.14 bits per heavy atom. The van der Waals surface area contributed by atoms with Crippen molar-refractivity contribution in [3.63, 3.8) is 0 Å². The molecule has 2 rings (SSSR count). The lowest BCUT2D eigenvalue weighted by Crippen LogP contribution is -1.97. The highest BCUT2D eigenvalue weighted by Gasteiger charge is 2.06. The fourth-order valence-electron chi connectivity index (χ4n) is 1.69. The second-order valence-electron chi connectivity index (χ2n) is 4.35. The van der Waals surface area contributed by atoms with Crippen molar-refractivity contribution >= 4 is 46.1 Å². The van der Waals surface area contributed by atoms with E-state index in [0.29, 0.717) is 21.9 Å². The van der Waals surface area contributed by atoms with Crippen molar-refractivity contribution in [1.29, 1.82) is 0 Å². The SMILES string of the molecule is O=C(Cl)/C=C/c1ccc(OCc2ccc(F)cc2Cl)c(Cl)c1. The number of halogens is 4. The molecule has 0 spiro atoms. The molecule has 0 aromatic heterocycles. The molecule has 0 aliphatic rings. The standard InChI is InChI=1S/C16H10Cl3FO2/c17-13-8-12(20)4-3-11(13)9-22-15-5-1-10(7-14(15)18)2-6-16(19)21/h1-8H,9H2/b6-2+. The van der Waals surface area contributed by atoms with E-state index in [9.17, 15) is 9.18 Å². The van der Waals surface area contributed by atoms with Gasteiger partial charge in [-0.05, 0) is 47.5 Å². The van der Waals surface area contributed by atoms with E-state index in [2.05, 4.69) is 0 Å². The zero-order valence-corrected chi connectivity index (χ0v) is 13.4. The normalized spacial score (nSPS) is 10.9. The van der Waals surface area contributed by atoms with Crippen LogP contribution in [0.4, 0.5) is 4.39 Å². The first-order valence-corrected chi connectivity index (χ1v) is 7.33. The van der Waals surface area contributed by atoms with Crippen molar-refractivity contribution in [3.8, 4) is 5.75 Å². The third kappa shape index (κ3) is 4.73. The molecule has 0 aliphatic carbocycles. The van der Waals surface area contributed by atoms with Crippen LogP contribution >= 0.6 is 34.8 Å². The number of carbonyl (C=O) groups excluding carboxylic acids is 1. The summed E-state index contributed by atoms with van der Waals surface area (Å²) in [6.07, 6.45) is 2.77. The van der Waals surface area contributed by atoms with Gasteiger partial charge in [0.25, 0.3) is 0 Å². The van der Waals surface area contributed by atoms with Gasteiger partial charge in [0, 0.05) is 5.56 Å². The summed E-state index contributed by atoms with van der Waals surface area (Å²) in [5.41, 5.74) is 1.36. The maximum absolute atomic E-state index is 13.0. The minimum atomic E-state index is -0.567. The zero-order chi connectivity index (χ0) is 16.1. The fraction of sp³-hybridized carbons (Fsp3) is 0.0625. The molecular weight excluding hydrogens is 350 g/mol. The summed E-state index contributed by atoms with van der Waals surface area (Å²) in [4.78, 5) is 10.7. The molecule has 22 heavy (non-hydrogen) atoms. The summed E-state index contributed by atoms with van der Waals surface area (Å²) in [5, 5.41) is 0.0982. The van der Waals surface area contributed by atoms with E-state index in [4.69, 9.17) is 39.5 Å². The van der Waals surface area contributed by atoms with Crippen LogP contribution in [0.3, 0.4) is 0 Å². The van der Waals surface area contributed by atoms with Gasteiger partial charge < -0.3 is 4.74 Å². The maximum Gasteiger partial charge on any atom is 0.245 e. The average Bonchev–Trinajstić information content (AvgIpc) is 2.45. The highest BCUT2D eigenvalue weighted by Crippen LogP contribution is 2.28. The second-order valence-corrected chi connectivity index (χ2v) is 5.54. The van der Waals surface area contributed by atoms with Crippen molar-refractivity contribution in [3.05, 3.63) is 69.5 Å². The third-order valence-electron chi connectivity index (χ3n) is 2.76. The number of allylic oxidation sites excluding steroid dienone is 1. The quantitative estimate of drug-likeness (QED) is 0.521. The van der Waals surface area contributed by atoms with E-state index in [0.717, 1.165) is 0 Å².